The molecule has 0 aliphatic rings. The fourth-order valence-electron chi connectivity index (χ4n) is 2.98. The van der Waals surface area contributed by atoms with E-state index in [2.05, 4.69) is 28.1 Å². The summed E-state index contributed by atoms with van der Waals surface area (Å²) in [6.07, 6.45) is 0. The van der Waals surface area contributed by atoms with Gasteiger partial charge in [-0.2, -0.15) is 0 Å². The molecular weight excluding hydrogens is 379 g/mol. The maximum absolute atomic E-state index is 13.3. The van der Waals surface area contributed by atoms with Crippen molar-refractivity contribution in [3.8, 4) is 0 Å². The molecule has 4 rings (SSSR count). The summed E-state index contributed by atoms with van der Waals surface area (Å²) in [6.45, 7) is 1.31. The van der Waals surface area contributed by atoms with Crippen molar-refractivity contribution >= 4 is 44.4 Å². The highest BCUT2D eigenvalue weighted by molar-refractivity contribution is 7.17. The molecule has 1 aromatic heterocycles. The summed E-state index contributed by atoms with van der Waals surface area (Å²) in [6, 6.07) is 20.7. The molecule has 0 bridgehead atoms. The molecule has 0 saturated carbocycles. The number of rotatable bonds is 6. The van der Waals surface area contributed by atoms with Gasteiger partial charge < -0.3 is 10.6 Å². The standard InChI is InChI=1S/C22H18ClFN2S/c23-17-7-8-22-21(10-17)16(14-27-22)13-26-20-6-2-5-19(11-20)25-12-15-3-1-4-18(24)9-15/h1-11,14,25-26H,12-13H2. The lowest BCUT2D eigenvalue weighted by Crippen LogP contribution is -2.02. The van der Waals surface area contributed by atoms with Crippen molar-refractivity contribution in [2.24, 2.45) is 0 Å². The van der Waals surface area contributed by atoms with Crippen LogP contribution in [0.1, 0.15) is 11.1 Å². The number of hydrogen-bond donors (Lipinski definition) is 2. The predicted molar refractivity (Wildman–Crippen MR) is 114 cm³/mol. The Labute approximate surface area is 166 Å². The van der Waals surface area contributed by atoms with Gasteiger partial charge in [0, 0.05) is 34.2 Å². The van der Waals surface area contributed by atoms with E-state index >= 15 is 0 Å². The molecule has 2 N–H and O–H groups in total. The number of fused-ring (bicyclic) bond motifs is 1. The van der Waals surface area contributed by atoms with Crippen molar-refractivity contribution < 1.29 is 4.39 Å². The fraction of sp³-hybridized carbons (Fsp3) is 0.0909. The molecule has 0 atom stereocenters. The third-order valence-electron chi connectivity index (χ3n) is 4.35. The van der Waals surface area contributed by atoms with E-state index in [0.717, 1.165) is 28.5 Å². The Balaban J connectivity index is 1.42. The summed E-state index contributed by atoms with van der Waals surface area (Å²) in [5.41, 5.74) is 4.16. The van der Waals surface area contributed by atoms with E-state index in [1.165, 1.54) is 21.7 Å². The summed E-state index contributed by atoms with van der Waals surface area (Å²) in [7, 11) is 0. The Morgan fingerprint density at radius 3 is 2.44 bits per heavy atom. The number of thiophene rings is 1. The van der Waals surface area contributed by atoms with E-state index in [1.54, 1.807) is 23.5 Å². The zero-order valence-electron chi connectivity index (χ0n) is 14.5. The smallest absolute Gasteiger partial charge is 0.123 e. The minimum Gasteiger partial charge on any atom is -0.381 e. The van der Waals surface area contributed by atoms with E-state index in [9.17, 15) is 4.39 Å². The van der Waals surface area contributed by atoms with Gasteiger partial charge >= 0.3 is 0 Å². The average molecular weight is 397 g/mol. The zero-order valence-corrected chi connectivity index (χ0v) is 16.1. The molecule has 0 unspecified atom stereocenters. The molecular formula is C22H18ClFN2S. The van der Waals surface area contributed by atoms with Crippen molar-refractivity contribution in [1.29, 1.82) is 0 Å². The first kappa shape index (κ1) is 17.8. The first-order chi connectivity index (χ1) is 13.2. The van der Waals surface area contributed by atoms with Gasteiger partial charge in [0.1, 0.15) is 5.82 Å². The molecule has 4 aromatic rings. The highest BCUT2D eigenvalue weighted by Crippen LogP contribution is 2.29. The Morgan fingerprint density at radius 2 is 1.63 bits per heavy atom. The van der Waals surface area contributed by atoms with Crippen LogP contribution >= 0.6 is 22.9 Å². The molecule has 27 heavy (non-hydrogen) atoms. The van der Waals surface area contributed by atoms with Gasteiger partial charge in [0.2, 0.25) is 0 Å². The van der Waals surface area contributed by atoms with Gasteiger partial charge in [0.05, 0.1) is 0 Å². The van der Waals surface area contributed by atoms with Gasteiger partial charge in [0.25, 0.3) is 0 Å². The van der Waals surface area contributed by atoms with E-state index in [1.807, 2.05) is 36.4 Å². The fourth-order valence-corrected chi connectivity index (χ4v) is 4.09. The van der Waals surface area contributed by atoms with Crippen LogP contribution in [0.3, 0.4) is 0 Å². The van der Waals surface area contributed by atoms with Crippen molar-refractivity contribution in [2.75, 3.05) is 10.6 Å². The van der Waals surface area contributed by atoms with Gasteiger partial charge in [-0.05, 0) is 70.4 Å². The van der Waals surface area contributed by atoms with Crippen molar-refractivity contribution in [1.82, 2.24) is 0 Å². The minimum atomic E-state index is -0.215. The lowest BCUT2D eigenvalue weighted by atomic mass is 10.1. The van der Waals surface area contributed by atoms with Crippen LogP contribution in [0.25, 0.3) is 10.1 Å². The van der Waals surface area contributed by atoms with Crippen LogP contribution in [-0.4, -0.2) is 0 Å². The average Bonchev–Trinajstić information content (AvgIpc) is 3.07. The van der Waals surface area contributed by atoms with Gasteiger partial charge in [0.15, 0.2) is 0 Å². The molecule has 0 aliphatic heterocycles. The van der Waals surface area contributed by atoms with Gasteiger partial charge in [-0.15, -0.1) is 11.3 Å². The number of halogens is 2. The second-order valence-corrected chi connectivity index (χ2v) is 7.67. The van der Waals surface area contributed by atoms with E-state index in [-0.39, 0.29) is 5.82 Å². The van der Waals surface area contributed by atoms with Gasteiger partial charge in [-0.25, -0.2) is 4.39 Å². The lowest BCUT2D eigenvalue weighted by Gasteiger charge is -2.10. The molecule has 136 valence electrons. The van der Waals surface area contributed by atoms with Gasteiger partial charge in [-0.1, -0.05) is 29.8 Å². The van der Waals surface area contributed by atoms with E-state index in [0.29, 0.717) is 6.54 Å². The second-order valence-electron chi connectivity index (χ2n) is 6.32. The maximum Gasteiger partial charge on any atom is 0.123 e. The minimum absolute atomic E-state index is 0.215. The van der Waals surface area contributed by atoms with Crippen LogP contribution in [0.15, 0.2) is 72.1 Å². The van der Waals surface area contributed by atoms with Crippen LogP contribution in [-0.2, 0) is 13.1 Å². The number of anilines is 2. The molecule has 0 spiro atoms. The second kappa shape index (κ2) is 7.99. The molecule has 1 heterocycles. The molecule has 0 aliphatic carbocycles. The largest absolute Gasteiger partial charge is 0.381 e. The lowest BCUT2D eigenvalue weighted by molar-refractivity contribution is 0.626. The summed E-state index contributed by atoms with van der Waals surface area (Å²) in [5.74, 6) is -0.215. The topological polar surface area (TPSA) is 24.1 Å². The Bertz CT molecular complexity index is 1080. The normalized spacial score (nSPS) is 10.9. The zero-order chi connectivity index (χ0) is 18.6. The summed E-state index contributed by atoms with van der Waals surface area (Å²) < 4.78 is 14.5. The van der Waals surface area contributed by atoms with Crippen LogP contribution < -0.4 is 10.6 Å². The Morgan fingerprint density at radius 1 is 0.852 bits per heavy atom. The number of hydrogen-bond acceptors (Lipinski definition) is 3. The molecule has 5 heteroatoms. The molecule has 0 amide bonds. The Kier molecular flexibility index (Phi) is 5.28. The molecule has 0 saturated heterocycles. The van der Waals surface area contributed by atoms with Gasteiger partial charge in [-0.3, -0.25) is 0 Å². The summed E-state index contributed by atoms with van der Waals surface area (Å²) >= 11 is 7.86. The summed E-state index contributed by atoms with van der Waals surface area (Å²) in [5, 5.41) is 10.9. The third kappa shape index (κ3) is 4.41. The molecule has 0 fully saturated rings. The molecule has 0 radical (unpaired) electrons. The van der Waals surface area contributed by atoms with Crippen molar-refractivity contribution in [3.63, 3.8) is 0 Å². The third-order valence-corrected chi connectivity index (χ3v) is 5.59. The summed E-state index contributed by atoms with van der Waals surface area (Å²) in [4.78, 5) is 0. The van der Waals surface area contributed by atoms with Crippen LogP contribution in [0.4, 0.5) is 15.8 Å². The van der Waals surface area contributed by atoms with Crippen molar-refractivity contribution in [3.05, 3.63) is 94.1 Å². The van der Waals surface area contributed by atoms with E-state index < -0.39 is 0 Å². The highest BCUT2D eigenvalue weighted by Gasteiger charge is 2.05. The first-order valence-corrected chi connectivity index (χ1v) is 9.91. The van der Waals surface area contributed by atoms with Crippen LogP contribution in [0, 0.1) is 5.82 Å². The molecule has 2 nitrogen and oxygen atoms in total. The highest BCUT2D eigenvalue weighted by atomic mass is 35.5. The number of benzene rings is 3. The first-order valence-electron chi connectivity index (χ1n) is 8.65. The molecule has 3 aromatic carbocycles. The van der Waals surface area contributed by atoms with Crippen LogP contribution in [0.2, 0.25) is 5.02 Å². The SMILES string of the molecule is Fc1cccc(CNc2cccc(NCc3csc4ccc(Cl)cc34)c2)c1. The predicted octanol–water partition coefficient (Wildman–Crippen LogP) is 6.92. The number of nitrogens with one attached hydrogen (secondary N) is 2. The monoisotopic (exact) mass is 396 g/mol. The van der Waals surface area contributed by atoms with Crippen LogP contribution in [0.5, 0.6) is 0 Å². The van der Waals surface area contributed by atoms with E-state index in [4.69, 9.17) is 11.6 Å². The van der Waals surface area contributed by atoms with Crippen molar-refractivity contribution in [2.45, 2.75) is 13.1 Å². The Hall–Kier alpha value is -2.56. The maximum atomic E-state index is 13.3. The quantitative estimate of drug-likeness (QED) is 0.369.